The molecule has 2 heterocycles. The standard InChI is InChI=1S/C16H26N6O3/c23-22(24)14-15(17-6-7-21-8-10-25-11-9-21)18-12-19-16(14)20-13-4-2-1-3-5-13/h12-13H,1-11H2,(H2,17,18,19,20). The summed E-state index contributed by atoms with van der Waals surface area (Å²) in [6.07, 6.45) is 6.98. The molecule has 0 radical (unpaired) electrons. The summed E-state index contributed by atoms with van der Waals surface area (Å²) in [5, 5.41) is 17.9. The lowest BCUT2D eigenvalue weighted by Crippen LogP contribution is -2.39. The van der Waals surface area contributed by atoms with Crippen LogP contribution in [-0.2, 0) is 4.74 Å². The maximum atomic E-state index is 11.6. The molecule has 1 aliphatic heterocycles. The van der Waals surface area contributed by atoms with Crippen LogP contribution in [0.5, 0.6) is 0 Å². The lowest BCUT2D eigenvalue weighted by molar-refractivity contribution is -0.383. The predicted octanol–water partition coefficient (Wildman–Crippen LogP) is 1.87. The molecule has 0 atom stereocenters. The number of hydrogen-bond donors (Lipinski definition) is 2. The van der Waals surface area contributed by atoms with Crippen LogP contribution in [0.15, 0.2) is 6.33 Å². The summed E-state index contributed by atoms with van der Waals surface area (Å²) in [5.41, 5.74) is -0.0601. The molecule has 1 saturated heterocycles. The second-order valence-corrected chi connectivity index (χ2v) is 6.54. The van der Waals surface area contributed by atoms with Gasteiger partial charge in [0.2, 0.25) is 11.6 Å². The van der Waals surface area contributed by atoms with Gasteiger partial charge in [0, 0.05) is 32.2 Å². The Morgan fingerprint density at radius 1 is 1.20 bits per heavy atom. The fourth-order valence-electron chi connectivity index (χ4n) is 3.38. The predicted molar refractivity (Wildman–Crippen MR) is 94.9 cm³/mol. The fraction of sp³-hybridized carbons (Fsp3) is 0.750. The second-order valence-electron chi connectivity index (χ2n) is 6.54. The molecule has 1 aromatic heterocycles. The molecule has 2 fully saturated rings. The zero-order chi connectivity index (χ0) is 17.5. The van der Waals surface area contributed by atoms with Gasteiger partial charge < -0.3 is 15.4 Å². The Balaban J connectivity index is 1.63. The molecule has 25 heavy (non-hydrogen) atoms. The lowest BCUT2D eigenvalue weighted by atomic mass is 9.95. The van der Waals surface area contributed by atoms with Crippen molar-refractivity contribution in [3.63, 3.8) is 0 Å². The smallest absolute Gasteiger partial charge is 0.353 e. The minimum atomic E-state index is -0.401. The average Bonchev–Trinajstić information content (AvgIpc) is 2.63. The van der Waals surface area contributed by atoms with Gasteiger partial charge in [-0.3, -0.25) is 15.0 Å². The molecule has 138 valence electrons. The average molecular weight is 350 g/mol. The van der Waals surface area contributed by atoms with Crippen molar-refractivity contribution in [1.82, 2.24) is 14.9 Å². The van der Waals surface area contributed by atoms with Crippen molar-refractivity contribution in [3.8, 4) is 0 Å². The molecule has 0 amide bonds. The quantitative estimate of drug-likeness (QED) is 0.567. The van der Waals surface area contributed by atoms with Gasteiger partial charge >= 0.3 is 5.69 Å². The Morgan fingerprint density at radius 2 is 1.92 bits per heavy atom. The number of nitrogens with one attached hydrogen (secondary N) is 2. The molecule has 0 spiro atoms. The topological polar surface area (TPSA) is 105 Å². The minimum Gasteiger partial charge on any atom is -0.379 e. The number of rotatable bonds is 7. The van der Waals surface area contributed by atoms with E-state index in [1.165, 1.54) is 12.7 Å². The number of nitro groups is 1. The van der Waals surface area contributed by atoms with E-state index in [1.807, 2.05) is 0 Å². The maximum Gasteiger partial charge on any atom is 0.353 e. The summed E-state index contributed by atoms with van der Waals surface area (Å²) in [6, 6.07) is 0.253. The van der Waals surface area contributed by atoms with Crippen LogP contribution >= 0.6 is 0 Å². The number of morpholine rings is 1. The van der Waals surface area contributed by atoms with Crippen molar-refractivity contribution in [2.24, 2.45) is 0 Å². The van der Waals surface area contributed by atoms with Gasteiger partial charge in [0.25, 0.3) is 0 Å². The molecular weight excluding hydrogens is 324 g/mol. The molecular formula is C16H26N6O3. The van der Waals surface area contributed by atoms with Crippen molar-refractivity contribution in [2.45, 2.75) is 38.1 Å². The van der Waals surface area contributed by atoms with E-state index in [0.29, 0.717) is 12.4 Å². The first-order valence-electron chi connectivity index (χ1n) is 9.04. The zero-order valence-corrected chi connectivity index (χ0v) is 14.4. The maximum absolute atomic E-state index is 11.6. The number of anilines is 2. The highest BCUT2D eigenvalue weighted by atomic mass is 16.6. The lowest BCUT2D eigenvalue weighted by Gasteiger charge is -2.26. The first-order chi connectivity index (χ1) is 12.2. The molecule has 3 rings (SSSR count). The van der Waals surface area contributed by atoms with Gasteiger partial charge in [0.1, 0.15) is 6.33 Å². The Hall–Kier alpha value is -2.00. The number of hydrogen-bond acceptors (Lipinski definition) is 8. The fourth-order valence-corrected chi connectivity index (χ4v) is 3.38. The SMILES string of the molecule is O=[N+]([O-])c1c(NCCN2CCOCC2)ncnc1NC1CCCCC1. The van der Waals surface area contributed by atoms with E-state index in [2.05, 4.69) is 25.5 Å². The van der Waals surface area contributed by atoms with Crippen LogP contribution in [0.2, 0.25) is 0 Å². The number of aromatic nitrogens is 2. The third kappa shape index (κ3) is 4.99. The van der Waals surface area contributed by atoms with Crippen LogP contribution in [0.4, 0.5) is 17.3 Å². The molecule has 1 saturated carbocycles. The van der Waals surface area contributed by atoms with Gasteiger partial charge in [-0.25, -0.2) is 9.97 Å². The molecule has 9 nitrogen and oxygen atoms in total. The summed E-state index contributed by atoms with van der Waals surface area (Å²) in [4.78, 5) is 21.6. The minimum absolute atomic E-state index is 0.0601. The Labute approximate surface area is 147 Å². The van der Waals surface area contributed by atoms with Gasteiger partial charge in [-0.1, -0.05) is 19.3 Å². The van der Waals surface area contributed by atoms with Gasteiger partial charge in [0.15, 0.2) is 0 Å². The van der Waals surface area contributed by atoms with Crippen molar-refractivity contribution >= 4 is 17.3 Å². The van der Waals surface area contributed by atoms with Gasteiger partial charge in [0.05, 0.1) is 18.1 Å². The monoisotopic (exact) mass is 350 g/mol. The van der Waals surface area contributed by atoms with E-state index < -0.39 is 4.92 Å². The van der Waals surface area contributed by atoms with Crippen LogP contribution < -0.4 is 10.6 Å². The summed E-state index contributed by atoms with van der Waals surface area (Å²) >= 11 is 0. The zero-order valence-electron chi connectivity index (χ0n) is 14.4. The van der Waals surface area contributed by atoms with E-state index in [9.17, 15) is 10.1 Å². The van der Waals surface area contributed by atoms with Crippen LogP contribution in [0, 0.1) is 10.1 Å². The summed E-state index contributed by atoms with van der Waals surface area (Å²) in [7, 11) is 0. The molecule has 1 aromatic rings. The summed E-state index contributed by atoms with van der Waals surface area (Å²) in [6.45, 7) is 4.66. The third-order valence-electron chi connectivity index (χ3n) is 4.78. The van der Waals surface area contributed by atoms with E-state index in [-0.39, 0.29) is 17.5 Å². The summed E-state index contributed by atoms with van der Waals surface area (Å²) < 4.78 is 5.32. The normalized spacial score (nSPS) is 19.5. The molecule has 2 N–H and O–H groups in total. The highest BCUT2D eigenvalue weighted by Gasteiger charge is 2.25. The molecule has 9 heteroatoms. The molecule has 0 aromatic carbocycles. The van der Waals surface area contributed by atoms with Crippen LogP contribution in [0.25, 0.3) is 0 Å². The Kier molecular flexibility index (Phi) is 6.35. The third-order valence-corrected chi connectivity index (χ3v) is 4.78. The Bertz CT molecular complexity index is 573. The highest BCUT2D eigenvalue weighted by Crippen LogP contribution is 2.31. The van der Waals surface area contributed by atoms with Gasteiger partial charge in [-0.05, 0) is 12.8 Å². The summed E-state index contributed by atoms with van der Waals surface area (Å²) in [5.74, 6) is 0.604. The van der Waals surface area contributed by atoms with Crippen LogP contribution in [0.3, 0.4) is 0 Å². The van der Waals surface area contributed by atoms with E-state index in [0.717, 1.165) is 58.5 Å². The van der Waals surface area contributed by atoms with Crippen LogP contribution in [-0.4, -0.2) is 65.2 Å². The van der Waals surface area contributed by atoms with Crippen LogP contribution in [0.1, 0.15) is 32.1 Å². The molecule has 2 aliphatic rings. The van der Waals surface area contributed by atoms with E-state index in [4.69, 9.17) is 4.74 Å². The largest absolute Gasteiger partial charge is 0.379 e. The van der Waals surface area contributed by atoms with E-state index in [1.54, 1.807) is 0 Å². The van der Waals surface area contributed by atoms with Crippen molar-refractivity contribution in [2.75, 3.05) is 50.0 Å². The molecule has 0 bridgehead atoms. The van der Waals surface area contributed by atoms with Crippen molar-refractivity contribution in [1.29, 1.82) is 0 Å². The highest BCUT2D eigenvalue weighted by molar-refractivity contribution is 5.69. The molecule has 1 aliphatic carbocycles. The van der Waals surface area contributed by atoms with E-state index >= 15 is 0 Å². The Morgan fingerprint density at radius 3 is 2.64 bits per heavy atom. The van der Waals surface area contributed by atoms with Crippen molar-refractivity contribution in [3.05, 3.63) is 16.4 Å². The number of nitrogens with zero attached hydrogens (tertiary/aromatic N) is 4. The van der Waals surface area contributed by atoms with Crippen molar-refractivity contribution < 1.29 is 9.66 Å². The second kappa shape index (κ2) is 8.91. The molecule has 0 unspecified atom stereocenters. The first kappa shape index (κ1) is 17.8. The number of ether oxygens (including phenoxy) is 1. The van der Waals surface area contributed by atoms with Gasteiger partial charge in [-0.15, -0.1) is 0 Å². The first-order valence-corrected chi connectivity index (χ1v) is 9.04. The van der Waals surface area contributed by atoms with Gasteiger partial charge in [-0.2, -0.15) is 0 Å².